The van der Waals surface area contributed by atoms with Crippen molar-refractivity contribution >= 4 is 11.6 Å². The van der Waals surface area contributed by atoms with E-state index in [2.05, 4.69) is 0 Å². The lowest BCUT2D eigenvalue weighted by Gasteiger charge is -2.08. The molecule has 3 nitrogen and oxygen atoms in total. The second-order valence-electron chi connectivity index (χ2n) is 3.91. The highest BCUT2D eigenvalue weighted by Gasteiger charge is 2.01. The van der Waals surface area contributed by atoms with Gasteiger partial charge in [0.1, 0.15) is 30.5 Å². The first kappa shape index (κ1) is 14.2. The fourth-order valence-electron chi connectivity index (χ4n) is 1.51. The van der Waals surface area contributed by atoms with Crippen molar-refractivity contribution in [2.45, 2.75) is 0 Å². The van der Waals surface area contributed by atoms with Crippen molar-refractivity contribution in [1.29, 1.82) is 5.26 Å². The molecule has 0 aromatic heterocycles. The van der Waals surface area contributed by atoms with Crippen molar-refractivity contribution in [2.75, 3.05) is 13.2 Å². The Morgan fingerprint density at radius 1 is 1.00 bits per heavy atom. The van der Waals surface area contributed by atoms with Crippen LogP contribution in [0.5, 0.6) is 11.5 Å². The Balaban J connectivity index is 1.78. The van der Waals surface area contributed by atoms with Crippen molar-refractivity contribution in [3.05, 3.63) is 58.9 Å². The highest BCUT2D eigenvalue weighted by atomic mass is 35.5. The largest absolute Gasteiger partial charge is 0.490 e. The van der Waals surface area contributed by atoms with E-state index in [9.17, 15) is 4.39 Å². The van der Waals surface area contributed by atoms with Crippen LogP contribution in [-0.2, 0) is 0 Å². The van der Waals surface area contributed by atoms with Gasteiger partial charge in [-0.2, -0.15) is 5.26 Å². The summed E-state index contributed by atoms with van der Waals surface area (Å²) < 4.78 is 23.8. The molecule has 0 unspecified atom stereocenters. The molecule has 20 heavy (non-hydrogen) atoms. The number of benzene rings is 2. The molecule has 2 aromatic carbocycles. The molecule has 0 radical (unpaired) electrons. The Morgan fingerprint density at radius 2 is 1.60 bits per heavy atom. The zero-order valence-electron chi connectivity index (χ0n) is 10.5. The zero-order valence-corrected chi connectivity index (χ0v) is 11.2. The Hall–Kier alpha value is -2.25. The third-order valence-electron chi connectivity index (χ3n) is 2.50. The van der Waals surface area contributed by atoms with E-state index in [-0.39, 0.29) is 5.02 Å². The molecule has 0 fully saturated rings. The predicted octanol–water partition coefficient (Wildman–Crippen LogP) is 3.81. The Kier molecular flexibility index (Phi) is 4.80. The summed E-state index contributed by atoms with van der Waals surface area (Å²) in [4.78, 5) is 0. The molecule has 0 amide bonds. The Bertz CT molecular complexity index is 623. The minimum Gasteiger partial charge on any atom is -0.490 e. The third kappa shape index (κ3) is 3.87. The van der Waals surface area contributed by atoms with Crippen molar-refractivity contribution in [3.63, 3.8) is 0 Å². The van der Waals surface area contributed by atoms with E-state index in [1.54, 1.807) is 24.3 Å². The van der Waals surface area contributed by atoms with Gasteiger partial charge in [-0.15, -0.1) is 0 Å². The number of nitriles is 1. The van der Waals surface area contributed by atoms with E-state index in [1.165, 1.54) is 18.2 Å². The molecule has 2 rings (SSSR count). The number of halogens is 2. The van der Waals surface area contributed by atoms with Crippen LogP contribution in [-0.4, -0.2) is 13.2 Å². The SMILES string of the molecule is N#Cc1ccc(OCCOc2ccc(F)c(Cl)c2)cc1. The monoisotopic (exact) mass is 291 g/mol. The maximum Gasteiger partial charge on any atom is 0.142 e. The number of hydrogen-bond acceptors (Lipinski definition) is 3. The first-order chi connectivity index (χ1) is 9.69. The van der Waals surface area contributed by atoms with Gasteiger partial charge in [-0.25, -0.2) is 4.39 Å². The molecule has 0 heterocycles. The van der Waals surface area contributed by atoms with E-state index < -0.39 is 5.82 Å². The van der Waals surface area contributed by atoms with Crippen LogP contribution in [0.2, 0.25) is 5.02 Å². The maximum atomic E-state index is 12.9. The molecule has 0 saturated carbocycles. The van der Waals surface area contributed by atoms with E-state index in [0.29, 0.717) is 30.3 Å². The molecule has 0 N–H and O–H groups in total. The van der Waals surface area contributed by atoms with Crippen LogP contribution >= 0.6 is 11.6 Å². The Labute approximate surface area is 121 Å². The molecule has 2 aromatic rings. The van der Waals surface area contributed by atoms with Crippen LogP contribution in [0.25, 0.3) is 0 Å². The normalized spacial score (nSPS) is 9.85. The van der Waals surface area contributed by atoms with Gasteiger partial charge in [0.2, 0.25) is 0 Å². The summed E-state index contributed by atoms with van der Waals surface area (Å²) in [5, 5.41) is 8.69. The van der Waals surface area contributed by atoms with E-state index >= 15 is 0 Å². The summed E-state index contributed by atoms with van der Waals surface area (Å²) in [6, 6.07) is 13.0. The molecule has 0 aliphatic rings. The number of ether oxygens (including phenoxy) is 2. The van der Waals surface area contributed by atoms with Gasteiger partial charge >= 0.3 is 0 Å². The molecule has 0 bridgehead atoms. The van der Waals surface area contributed by atoms with Crippen LogP contribution in [0.1, 0.15) is 5.56 Å². The lowest BCUT2D eigenvalue weighted by Crippen LogP contribution is -2.09. The maximum absolute atomic E-state index is 12.9. The molecule has 0 aliphatic carbocycles. The van der Waals surface area contributed by atoms with Crippen molar-refractivity contribution < 1.29 is 13.9 Å². The average molecular weight is 292 g/mol. The van der Waals surface area contributed by atoms with Crippen molar-refractivity contribution in [3.8, 4) is 17.6 Å². The van der Waals surface area contributed by atoms with Gasteiger partial charge < -0.3 is 9.47 Å². The van der Waals surface area contributed by atoms with Gasteiger partial charge in [0.15, 0.2) is 0 Å². The topological polar surface area (TPSA) is 42.2 Å². The van der Waals surface area contributed by atoms with Gasteiger partial charge in [-0.3, -0.25) is 0 Å². The summed E-state index contributed by atoms with van der Waals surface area (Å²) in [6.07, 6.45) is 0. The molecule has 0 spiro atoms. The second kappa shape index (κ2) is 6.78. The highest BCUT2D eigenvalue weighted by Crippen LogP contribution is 2.21. The second-order valence-corrected chi connectivity index (χ2v) is 4.32. The van der Waals surface area contributed by atoms with Crippen LogP contribution in [0, 0.1) is 17.1 Å². The molecule has 0 saturated heterocycles. The van der Waals surface area contributed by atoms with E-state index in [1.807, 2.05) is 6.07 Å². The van der Waals surface area contributed by atoms with Gasteiger partial charge in [0.25, 0.3) is 0 Å². The summed E-state index contributed by atoms with van der Waals surface area (Å²) in [5.74, 6) is 0.664. The fourth-order valence-corrected chi connectivity index (χ4v) is 1.68. The van der Waals surface area contributed by atoms with Crippen LogP contribution in [0.3, 0.4) is 0 Å². The Morgan fingerprint density at radius 3 is 2.20 bits per heavy atom. The van der Waals surface area contributed by atoms with Crippen molar-refractivity contribution in [1.82, 2.24) is 0 Å². The summed E-state index contributed by atoms with van der Waals surface area (Å²) in [5.41, 5.74) is 0.578. The highest BCUT2D eigenvalue weighted by molar-refractivity contribution is 6.30. The summed E-state index contributed by atoms with van der Waals surface area (Å²) >= 11 is 5.64. The van der Waals surface area contributed by atoms with Gasteiger partial charge in [0.05, 0.1) is 16.7 Å². The van der Waals surface area contributed by atoms with E-state index in [4.69, 9.17) is 26.3 Å². The minimum atomic E-state index is -0.479. The third-order valence-corrected chi connectivity index (χ3v) is 2.78. The minimum absolute atomic E-state index is 0.0236. The lowest BCUT2D eigenvalue weighted by molar-refractivity contribution is 0.217. The lowest BCUT2D eigenvalue weighted by atomic mass is 10.2. The smallest absolute Gasteiger partial charge is 0.142 e. The van der Waals surface area contributed by atoms with Gasteiger partial charge in [0, 0.05) is 6.07 Å². The average Bonchev–Trinajstić information content (AvgIpc) is 2.48. The first-order valence-corrected chi connectivity index (χ1v) is 6.27. The van der Waals surface area contributed by atoms with Crippen LogP contribution in [0.4, 0.5) is 4.39 Å². The number of rotatable bonds is 5. The van der Waals surface area contributed by atoms with Crippen LogP contribution < -0.4 is 9.47 Å². The van der Waals surface area contributed by atoms with Gasteiger partial charge in [-0.05, 0) is 36.4 Å². The molecule has 5 heteroatoms. The van der Waals surface area contributed by atoms with Crippen molar-refractivity contribution in [2.24, 2.45) is 0 Å². The summed E-state index contributed by atoms with van der Waals surface area (Å²) in [6.45, 7) is 0.642. The predicted molar refractivity (Wildman–Crippen MR) is 73.6 cm³/mol. The molecular weight excluding hydrogens is 281 g/mol. The molecule has 0 atom stereocenters. The quantitative estimate of drug-likeness (QED) is 0.787. The first-order valence-electron chi connectivity index (χ1n) is 5.90. The standard InChI is InChI=1S/C15H11ClFNO2/c16-14-9-13(5-6-15(14)17)20-8-7-19-12-3-1-11(10-18)2-4-12/h1-6,9H,7-8H2. The van der Waals surface area contributed by atoms with Crippen LogP contribution in [0.15, 0.2) is 42.5 Å². The fraction of sp³-hybridized carbons (Fsp3) is 0.133. The van der Waals surface area contributed by atoms with Gasteiger partial charge in [-0.1, -0.05) is 11.6 Å². The summed E-state index contributed by atoms with van der Waals surface area (Å²) in [7, 11) is 0. The zero-order chi connectivity index (χ0) is 14.4. The molecular formula is C15H11ClFNO2. The number of nitrogens with zero attached hydrogens (tertiary/aromatic N) is 1. The molecule has 0 aliphatic heterocycles. The molecule has 102 valence electrons. The number of hydrogen-bond donors (Lipinski definition) is 0. The van der Waals surface area contributed by atoms with E-state index in [0.717, 1.165) is 0 Å².